The van der Waals surface area contributed by atoms with Gasteiger partial charge in [-0.3, -0.25) is 0 Å². The number of aromatic nitrogens is 2. The monoisotopic (exact) mass is 240 g/mol. The van der Waals surface area contributed by atoms with Crippen molar-refractivity contribution in [1.29, 1.82) is 0 Å². The topological polar surface area (TPSA) is 80.7 Å². The van der Waals surface area contributed by atoms with Crippen LogP contribution in [0.3, 0.4) is 0 Å². The van der Waals surface area contributed by atoms with Gasteiger partial charge in [0.1, 0.15) is 5.82 Å². The third-order valence-electron chi connectivity index (χ3n) is 1.59. The van der Waals surface area contributed by atoms with Gasteiger partial charge in [-0.05, 0) is 24.4 Å². The fourth-order valence-corrected chi connectivity index (χ4v) is 1.23. The summed E-state index contributed by atoms with van der Waals surface area (Å²) >= 11 is 8.22. The first kappa shape index (κ1) is 11.8. The number of nitrogens with zero attached hydrogens (tertiary/aromatic N) is 1. The molecule has 0 amide bonds. The Morgan fingerprint density at radius 1 is 1.40 bits per heavy atom. The smallest absolute Gasteiger partial charge is 0.160 e. The van der Waals surface area contributed by atoms with E-state index in [4.69, 9.17) is 0 Å². The first-order chi connectivity index (χ1) is 7.13. The lowest BCUT2D eigenvalue weighted by Gasteiger charge is -1.81. The van der Waals surface area contributed by atoms with Crippen LogP contribution in [0.2, 0.25) is 0 Å². The summed E-state index contributed by atoms with van der Waals surface area (Å²) in [6.45, 7) is 0. The minimum atomic E-state index is 0.000000000000000222. The number of para-hydroxylation sites is 2. The van der Waals surface area contributed by atoms with Crippen molar-refractivity contribution in [2.24, 2.45) is 11.5 Å². The summed E-state index contributed by atoms with van der Waals surface area (Å²) in [5.41, 5.74) is 11.3. The number of benzene rings is 1. The molecule has 1 heterocycles. The van der Waals surface area contributed by atoms with Gasteiger partial charge in [-0.15, -0.1) is 0 Å². The highest BCUT2D eigenvalue weighted by atomic mass is 32.1. The molecule has 0 saturated heterocycles. The van der Waals surface area contributed by atoms with E-state index >= 15 is 0 Å². The van der Waals surface area contributed by atoms with E-state index in [-0.39, 0.29) is 5.11 Å². The SMILES string of the molecule is NC(N)=S.SCc1nc2ccccc2[nH]1. The molecular formula is C9H12N4S2. The number of thiol groups is 1. The van der Waals surface area contributed by atoms with Crippen LogP contribution in [0.25, 0.3) is 11.0 Å². The van der Waals surface area contributed by atoms with Crippen LogP contribution in [0.5, 0.6) is 0 Å². The fourth-order valence-electron chi connectivity index (χ4n) is 1.08. The second-order valence-electron chi connectivity index (χ2n) is 2.76. The summed E-state index contributed by atoms with van der Waals surface area (Å²) in [4.78, 5) is 7.46. The number of aromatic amines is 1. The van der Waals surface area contributed by atoms with Gasteiger partial charge in [0, 0.05) is 5.75 Å². The van der Waals surface area contributed by atoms with Crippen LogP contribution in [-0.2, 0) is 5.75 Å². The van der Waals surface area contributed by atoms with E-state index in [2.05, 4.69) is 46.3 Å². The number of nitrogens with two attached hydrogens (primary N) is 2. The Bertz CT molecular complexity index is 415. The van der Waals surface area contributed by atoms with Gasteiger partial charge in [-0.1, -0.05) is 12.1 Å². The number of rotatable bonds is 1. The zero-order chi connectivity index (χ0) is 11.3. The summed E-state index contributed by atoms with van der Waals surface area (Å²) in [5.74, 6) is 1.59. The molecule has 0 unspecified atom stereocenters. The minimum Gasteiger partial charge on any atom is -0.377 e. The molecule has 6 heteroatoms. The molecule has 0 fully saturated rings. The molecule has 0 radical (unpaired) electrons. The van der Waals surface area contributed by atoms with Crippen LogP contribution < -0.4 is 11.5 Å². The van der Waals surface area contributed by atoms with E-state index < -0.39 is 0 Å². The Kier molecular flexibility index (Phi) is 4.38. The molecule has 4 nitrogen and oxygen atoms in total. The molecule has 1 aromatic carbocycles. The Balaban J connectivity index is 0.000000245. The maximum absolute atomic E-state index is 4.62. The van der Waals surface area contributed by atoms with Gasteiger partial charge >= 0.3 is 0 Å². The zero-order valence-corrected chi connectivity index (χ0v) is 9.68. The van der Waals surface area contributed by atoms with Crippen molar-refractivity contribution in [2.75, 3.05) is 0 Å². The Labute approximate surface area is 98.5 Å². The summed E-state index contributed by atoms with van der Waals surface area (Å²) in [6.07, 6.45) is 0. The maximum atomic E-state index is 4.62. The van der Waals surface area contributed by atoms with E-state index in [0.717, 1.165) is 16.9 Å². The van der Waals surface area contributed by atoms with Crippen molar-refractivity contribution in [1.82, 2.24) is 9.97 Å². The maximum Gasteiger partial charge on any atom is 0.160 e. The molecule has 5 N–H and O–H groups in total. The Hall–Kier alpha value is -1.27. The number of imidazole rings is 1. The highest BCUT2D eigenvalue weighted by Crippen LogP contribution is 2.10. The third kappa shape index (κ3) is 3.77. The largest absolute Gasteiger partial charge is 0.377 e. The summed E-state index contributed by atoms with van der Waals surface area (Å²) in [6, 6.07) is 7.96. The van der Waals surface area contributed by atoms with Crippen molar-refractivity contribution >= 4 is 41.0 Å². The average Bonchev–Trinajstić information content (AvgIpc) is 2.59. The number of hydrogen-bond acceptors (Lipinski definition) is 3. The lowest BCUT2D eigenvalue weighted by atomic mass is 10.3. The van der Waals surface area contributed by atoms with Gasteiger partial charge in [0.05, 0.1) is 11.0 Å². The van der Waals surface area contributed by atoms with Crippen molar-refractivity contribution in [3.05, 3.63) is 30.1 Å². The van der Waals surface area contributed by atoms with E-state index in [9.17, 15) is 0 Å². The van der Waals surface area contributed by atoms with E-state index in [1.807, 2.05) is 24.3 Å². The normalized spacial score (nSPS) is 9.40. The molecular weight excluding hydrogens is 228 g/mol. The van der Waals surface area contributed by atoms with Crippen LogP contribution in [-0.4, -0.2) is 15.1 Å². The van der Waals surface area contributed by atoms with Gasteiger partial charge in [-0.2, -0.15) is 12.6 Å². The summed E-state index contributed by atoms with van der Waals surface area (Å²) in [5, 5.41) is 0.000000000000000222. The molecule has 0 aliphatic heterocycles. The number of thiocarbonyl (C=S) groups is 1. The number of hydrogen-bond donors (Lipinski definition) is 4. The van der Waals surface area contributed by atoms with Gasteiger partial charge in [0.25, 0.3) is 0 Å². The lowest BCUT2D eigenvalue weighted by molar-refractivity contribution is 1.15. The molecule has 0 aliphatic rings. The van der Waals surface area contributed by atoms with Crippen LogP contribution in [0.15, 0.2) is 24.3 Å². The molecule has 0 spiro atoms. The highest BCUT2D eigenvalue weighted by molar-refractivity contribution is 7.80. The fraction of sp³-hybridized carbons (Fsp3) is 0.111. The van der Waals surface area contributed by atoms with Crippen molar-refractivity contribution in [2.45, 2.75) is 5.75 Å². The molecule has 80 valence electrons. The molecule has 2 rings (SSSR count). The summed E-state index contributed by atoms with van der Waals surface area (Å²) in [7, 11) is 0. The minimum absolute atomic E-state index is 0.000000000000000222. The number of fused-ring (bicyclic) bond motifs is 1. The quantitative estimate of drug-likeness (QED) is 0.446. The number of H-pyrrole nitrogens is 1. The van der Waals surface area contributed by atoms with Gasteiger partial charge in [0.15, 0.2) is 5.11 Å². The molecule has 0 aliphatic carbocycles. The van der Waals surface area contributed by atoms with Crippen molar-refractivity contribution in [3.8, 4) is 0 Å². The van der Waals surface area contributed by atoms with Crippen LogP contribution in [0.4, 0.5) is 0 Å². The first-order valence-corrected chi connectivity index (χ1v) is 5.27. The van der Waals surface area contributed by atoms with Crippen LogP contribution in [0.1, 0.15) is 5.82 Å². The summed E-state index contributed by atoms with van der Waals surface area (Å²) < 4.78 is 0. The van der Waals surface area contributed by atoms with E-state index in [0.29, 0.717) is 5.75 Å². The van der Waals surface area contributed by atoms with E-state index in [1.54, 1.807) is 0 Å². The molecule has 0 bridgehead atoms. The van der Waals surface area contributed by atoms with Gasteiger partial charge in [0.2, 0.25) is 0 Å². The molecule has 2 aromatic rings. The third-order valence-corrected chi connectivity index (χ3v) is 1.89. The van der Waals surface area contributed by atoms with Gasteiger partial charge < -0.3 is 16.5 Å². The molecule has 1 aromatic heterocycles. The molecule has 0 atom stereocenters. The second-order valence-corrected chi connectivity index (χ2v) is 3.55. The van der Waals surface area contributed by atoms with Crippen molar-refractivity contribution < 1.29 is 0 Å². The Morgan fingerprint density at radius 2 is 2.00 bits per heavy atom. The highest BCUT2D eigenvalue weighted by Gasteiger charge is 1.97. The first-order valence-electron chi connectivity index (χ1n) is 4.23. The molecule has 0 saturated carbocycles. The second kappa shape index (κ2) is 5.57. The predicted octanol–water partition coefficient (Wildman–Crippen LogP) is 1.18. The van der Waals surface area contributed by atoms with Crippen LogP contribution >= 0.6 is 24.8 Å². The number of nitrogens with one attached hydrogen (secondary N) is 1. The molecule has 15 heavy (non-hydrogen) atoms. The lowest BCUT2D eigenvalue weighted by Crippen LogP contribution is -2.18. The predicted molar refractivity (Wildman–Crippen MR) is 69.8 cm³/mol. The Morgan fingerprint density at radius 3 is 2.53 bits per heavy atom. The van der Waals surface area contributed by atoms with E-state index in [1.165, 1.54) is 0 Å². The zero-order valence-electron chi connectivity index (χ0n) is 7.97. The van der Waals surface area contributed by atoms with Crippen LogP contribution in [0, 0.1) is 0 Å². The standard InChI is InChI=1S/C8H8N2S.CH4N2S/c11-5-8-9-6-3-1-2-4-7(6)10-8;2-1(3)4/h1-4,11H,5H2,(H,9,10);(H4,2,3,4). The van der Waals surface area contributed by atoms with Gasteiger partial charge in [-0.25, -0.2) is 4.98 Å². The average molecular weight is 240 g/mol. The van der Waals surface area contributed by atoms with Crippen molar-refractivity contribution in [3.63, 3.8) is 0 Å².